The molecule has 0 radical (unpaired) electrons. The normalized spacial score (nSPS) is 26.1. The molecule has 2 heterocycles. The molecule has 2 nitrogen and oxygen atoms in total. The van der Waals surface area contributed by atoms with Crippen LogP contribution in [0.4, 0.5) is 0 Å². The fraction of sp³-hybridized carbons (Fsp3) is 0.333. The van der Waals surface area contributed by atoms with Crippen molar-refractivity contribution in [2.24, 2.45) is 0 Å². The molecular weight excluding hydrogens is 280 g/mol. The molecule has 2 aromatic carbocycles. The minimum Gasteiger partial charge on any atom is -0.311 e. The largest absolute Gasteiger partial charge is 0.311 e. The van der Waals surface area contributed by atoms with Gasteiger partial charge < -0.3 is 5.32 Å². The van der Waals surface area contributed by atoms with Gasteiger partial charge in [0.1, 0.15) is 0 Å². The van der Waals surface area contributed by atoms with Gasteiger partial charge in [0.2, 0.25) is 0 Å². The summed E-state index contributed by atoms with van der Waals surface area (Å²) in [7, 11) is 0. The third-order valence-corrected chi connectivity index (χ3v) is 4.98. The van der Waals surface area contributed by atoms with E-state index in [0.29, 0.717) is 18.1 Å². The lowest BCUT2D eigenvalue weighted by Gasteiger charge is -2.36. The standard InChI is InChI=1S/C18H19ClN2/c19-15-8-6-14(7-9-15)18(13-4-2-1-3-5-13)21-12-16-10-17(21)11-20-16/h1-9,16-18,20H,10-12H2. The van der Waals surface area contributed by atoms with E-state index < -0.39 is 0 Å². The van der Waals surface area contributed by atoms with Crippen LogP contribution in [0.25, 0.3) is 0 Å². The molecule has 0 spiro atoms. The summed E-state index contributed by atoms with van der Waals surface area (Å²) in [6.45, 7) is 2.24. The number of halogens is 1. The molecule has 3 unspecified atom stereocenters. The van der Waals surface area contributed by atoms with E-state index in [1.54, 1.807) is 0 Å². The van der Waals surface area contributed by atoms with Crippen LogP contribution in [0.15, 0.2) is 54.6 Å². The number of benzene rings is 2. The third kappa shape index (κ3) is 2.48. The highest BCUT2D eigenvalue weighted by atomic mass is 35.5. The summed E-state index contributed by atoms with van der Waals surface area (Å²) in [5.74, 6) is 0. The topological polar surface area (TPSA) is 15.3 Å². The molecule has 0 amide bonds. The zero-order valence-corrected chi connectivity index (χ0v) is 12.6. The Morgan fingerprint density at radius 2 is 1.71 bits per heavy atom. The first-order valence-corrected chi connectivity index (χ1v) is 7.98. The smallest absolute Gasteiger partial charge is 0.0605 e. The molecule has 108 valence electrons. The van der Waals surface area contributed by atoms with Crippen molar-refractivity contribution in [1.82, 2.24) is 10.2 Å². The molecule has 2 bridgehead atoms. The van der Waals surface area contributed by atoms with Crippen molar-refractivity contribution in [2.45, 2.75) is 24.5 Å². The van der Waals surface area contributed by atoms with E-state index in [2.05, 4.69) is 52.7 Å². The average Bonchev–Trinajstić information content (AvgIpc) is 3.14. The summed E-state index contributed by atoms with van der Waals surface area (Å²) >= 11 is 6.06. The predicted octanol–water partition coefficient (Wildman–Crippen LogP) is 3.48. The zero-order valence-electron chi connectivity index (χ0n) is 11.9. The molecule has 2 aliphatic heterocycles. The molecule has 0 saturated carbocycles. The lowest BCUT2D eigenvalue weighted by molar-refractivity contribution is 0.183. The van der Waals surface area contributed by atoms with Gasteiger partial charge in [-0.25, -0.2) is 0 Å². The van der Waals surface area contributed by atoms with Crippen molar-refractivity contribution in [3.8, 4) is 0 Å². The summed E-state index contributed by atoms with van der Waals surface area (Å²) in [5.41, 5.74) is 2.70. The lowest BCUT2D eigenvalue weighted by Crippen LogP contribution is -2.45. The van der Waals surface area contributed by atoms with Crippen LogP contribution in [0.2, 0.25) is 5.02 Å². The quantitative estimate of drug-likeness (QED) is 0.933. The molecule has 3 heteroatoms. The van der Waals surface area contributed by atoms with Crippen LogP contribution in [-0.4, -0.2) is 30.1 Å². The number of nitrogens with zero attached hydrogens (tertiary/aromatic N) is 1. The summed E-state index contributed by atoms with van der Waals surface area (Å²) in [6.07, 6.45) is 1.27. The SMILES string of the molecule is Clc1ccc(C(c2ccccc2)N2CC3CC2CN3)cc1. The Bertz CT molecular complexity index is 611. The van der Waals surface area contributed by atoms with E-state index >= 15 is 0 Å². The molecule has 3 atom stereocenters. The average molecular weight is 299 g/mol. The number of nitrogens with one attached hydrogen (secondary N) is 1. The van der Waals surface area contributed by atoms with Crippen molar-refractivity contribution < 1.29 is 0 Å². The van der Waals surface area contributed by atoms with E-state index in [1.165, 1.54) is 17.5 Å². The van der Waals surface area contributed by atoms with Gasteiger partial charge in [-0.15, -0.1) is 0 Å². The molecule has 2 saturated heterocycles. The van der Waals surface area contributed by atoms with Crippen LogP contribution >= 0.6 is 11.6 Å². The predicted molar refractivity (Wildman–Crippen MR) is 86.6 cm³/mol. The summed E-state index contributed by atoms with van der Waals surface area (Å²) in [4.78, 5) is 2.65. The molecule has 2 aromatic rings. The first kappa shape index (κ1) is 13.3. The van der Waals surface area contributed by atoms with Crippen molar-refractivity contribution >= 4 is 11.6 Å². The van der Waals surface area contributed by atoms with Crippen LogP contribution in [-0.2, 0) is 0 Å². The number of hydrogen-bond acceptors (Lipinski definition) is 2. The maximum absolute atomic E-state index is 6.06. The maximum Gasteiger partial charge on any atom is 0.0605 e. The van der Waals surface area contributed by atoms with E-state index in [0.717, 1.165) is 18.1 Å². The van der Waals surface area contributed by atoms with Crippen molar-refractivity contribution in [3.63, 3.8) is 0 Å². The second-order valence-electron chi connectivity index (χ2n) is 6.06. The van der Waals surface area contributed by atoms with Gasteiger partial charge in [-0.3, -0.25) is 4.90 Å². The number of rotatable bonds is 3. The van der Waals surface area contributed by atoms with Gasteiger partial charge in [0.05, 0.1) is 6.04 Å². The molecule has 2 aliphatic rings. The Labute approximate surface area is 130 Å². The summed E-state index contributed by atoms with van der Waals surface area (Å²) < 4.78 is 0. The van der Waals surface area contributed by atoms with Crippen LogP contribution in [0.5, 0.6) is 0 Å². The molecular formula is C18H19ClN2. The highest BCUT2D eigenvalue weighted by molar-refractivity contribution is 6.30. The van der Waals surface area contributed by atoms with E-state index in [9.17, 15) is 0 Å². The molecule has 4 rings (SSSR count). The van der Waals surface area contributed by atoms with Gasteiger partial charge in [0.15, 0.2) is 0 Å². The van der Waals surface area contributed by atoms with Crippen molar-refractivity contribution in [2.75, 3.05) is 13.1 Å². The molecule has 0 aliphatic carbocycles. The zero-order chi connectivity index (χ0) is 14.2. The highest BCUT2D eigenvalue weighted by Crippen LogP contribution is 2.37. The monoisotopic (exact) mass is 298 g/mol. The molecule has 1 N–H and O–H groups in total. The van der Waals surface area contributed by atoms with E-state index in [-0.39, 0.29) is 0 Å². The third-order valence-electron chi connectivity index (χ3n) is 4.73. The van der Waals surface area contributed by atoms with Gasteiger partial charge in [-0.05, 0) is 29.7 Å². The van der Waals surface area contributed by atoms with Crippen LogP contribution in [0.3, 0.4) is 0 Å². The minimum absolute atomic E-state index is 0.334. The van der Waals surface area contributed by atoms with Crippen LogP contribution in [0.1, 0.15) is 23.6 Å². The second kappa shape index (κ2) is 5.45. The summed E-state index contributed by atoms with van der Waals surface area (Å²) in [5, 5.41) is 4.39. The molecule has 21 heavy (non-hydrogen) atoms. The van der Waals surface area contributed by atoms with E-state index in [4.69, 9.17) is 11.6 Å². The lowest BCUT2D eigenvalue weighted by atomic mass is 9.96. The van der Waals surface area contributed by atoms with Crippen molar-refractivity contribution in [1.29, 1.82) is 0 Å². The van der Waals surface area contributed by atoms with Gasteiger partial charge >= 0.3 is 0 Å². The molecule has 0 aromatic heterocycles. The number of hydrogen-bond donors (Lipinski definition) is 1. The van der Waals surface area contributed by atoms with Crippen molar-refractivity contribution in [3.05, 3.63) is 70.7 Å². The fourth-order valence-electron chi connectivity index (χ4n) is 3.77. The fourth-order valence-corrected chi connectivity index (χ4v) is 3.89. The van der Waals surface area contributed by atoms with Crippen LogP contribution in [0, 0.1) is 0 Å². The highest BCUT2D eigenvalue weighted by Gasteiger charge is 2.41. The number of piperazine rings is 1. The van der Waals surface area contributed by atoms with Gasteiger partial charge in [-0.2, -0.15) is 0 Å². The van der Waals surface area contributed by atoms with Gasteiger partial charge in [-0.1, -0.05) is 54.1 Å². The minimum atomic E-state index is 0.334. The second-order valence-corrected chi connectivity index (χ2v) is 6.49. The van der Waals surface area contributed by atoms with E-state index in [1.807, 2.05) is 12.1 Å². The number of fused-ring (bicyclic) bond motifs is 2. The number of likely N-dealkylation sites (tertiary alicyclic amines) is 1. The first-order chi connectivity index (χ1) is 10.3. The van der Waals surface area contributed by atoms with Gasteiger partial charge in [0, 0.05) is 30.2 Å². The Morgan fingerprint density at radius 1 is 1.00 bits per heavy atom. The maximum atomic E-state index is 6.06. The Morgan fingerprint density at radius 3 is 2.33 bits per heavy atom. The van der Waals surface area contributed by atoms with Crippen LogP contribution < -0.4 is 5.32 Å². The van der Waals surface area contributed by atoms with Gasteiger partial charge in [0.25, 0.3) is 0 Å². The summed E-state index contributed by atoms with van der Waals surface area (Å²) in [6, 6.07) is 20.8. The Kier molecular flexibility index (Phi) is 3.46. The Hall–Kier alpha value is -1.35. The molecule has 2 fully saturated rings. The Balaban J connectivity index is 1.74. The first-order valence-electron chi connectivity index (χ1n) is 7.61.